The summed E-state index contributed by atoms with van der Waals surface area (Å²) in [6.45, 7) is 3.77. The molecule has 0 bridgehead atoms. The molecule has 0 saturated heterocycles. The van der Waals surface area contributed by atoms with Gasteiger partial charge in [0, 0.05) is 11.3 Å². The molecule has 0 spiro atoms. The molecule has 0 aliphatic rings. The van der Waals surface area contributed by atoms with Crippen molar-refractivity contribution in [2.75, 3.05) is 0 Å². The zero-order valence-electron chi connectivity index (χ0n) is 10.2. The number of aryl methyl sites for hydroxylation is 2. The number of hydrogen-bond donors (Lipinski definition) is 1. The van der Waals surface area contributed by atoms with Crippen LogP contribution in [0.4, 0.5) is 8.78 Å². The molecule has 0 aliphatic heterocycles. The highest BCUT2D eigenvalue weighted by Crippen LogP contribution is 2.20. The van der Waals surface area contributed by atoms with E-state index in [0.29, 0.717) is 0 Å². The van der Waals surface area contributed by atoms with Crippen molar-refractivity contribution in [3.63, 3.8) is 0 Å². The number of benzene rings is 1. The minimum Gasteiger partial charge on any atom is -0.386 e. The fraction of sp³-hybridized carbons (Fsp3) is 0.308. The first-order valence-electron chi connectivity index (χ1n) is 5.61. The molecule has 1 N–H and O–H groups in total. The largest absolute Gasteiger partial charge is 0.386 e. The molecular formula is C13H14F2N2O. The van der Waals surface area contributed by atoms with Crippen LogP contribution in [-0.4, -0.2) is 14.9 Å². The van der Waals surface area contributed by atoms with Crippen molar-refractivity contribution in [1.29, 1.82) is 0 Å². The summed E-state index contributed by atoms with van der Waals surface area (Å²) in [5, 5.41) is 14.1. The Morgan fingerprint density at radius 3 is 2.61 bits per heavy atom. The highest BCUT2D eigenvalue weighted by atomic mass is 19.1. The fourth-order valence-corrected chi connectivity index (χ4v) is 1.89. The Hall–Kier alpha value is -1.75. The topological polar surface area (TPSA) is 38.0 Å². The van der Waals surface area contributed by atoms with Crippen LogP contribution in [0.15, 0.2) is 24.3 Å². The molecule has 1 atom stereocenters. The second-order valence-corrected chi connectivity index (χ2v) is 4.29. The van der Waals surface area contributed by atoms with Gasteiger partial charge >= 0.3 is 0 Å². The summed E-state index contributed by atoms with van der Waals surface area (Å²) < 4.78 is 28.1. The number of aliphatic hydroxyl groups excluding tert-OH is 1. The van der Waals surface area contributed by atoms with Gasteiger partial charge in [-0.3, -0.25) is 4.68 Å². The zero-order valence-corrected chi connectivity index (χ0v) is 10.2. The van der Waals surface area contributed by atoms with Gasteiger partial charge in [0.2, 0.25) is 0 Å². The van der Waals surface area contributed by atoms with Crippen LogP contribution in [0.1, 0.15) is 23.1 Å². The SMILES string of the molecule is Cc1cc(C)n(C[C@H](O)c2cc(F)ccc2F)n1. The molecule has 0 fully saturated rings. The summed E-state index contributed by atoms with van der Waals surface area (Å²) in [6.07, 6.45) is -1.13. The van der Waals surface area contributed by atoms with Crippen LogP contribution < -0.4 is 0 Å². The standard InChI is InChI=1S/C13H14F2N2O/c1-8-5-9(2)17(16-8)7-13(18)11-6-10(14)3-4-12(11)15/h3-6,13,18H,7H2,1-2H3/t13-/m0/s1. The molecular weight excluding hydrogens is 238 g/mol. The van der Waals surface area contributed by atoms with Crippen LogP contribution in [-0.2, 0) is 6.54 Å². The molecule has 2 rings (SSSR count). The number of aromatic nitrogens is 2. The number of hydrogen-bond acceptors (Lipinski definition) is 2. The molecule has 0 amide bonds. The van der Waals surface area contributed by atoms with E-state index in [4.69, 9.17) is 0 Å². The third-order valence-corrected chi connectivity index (χ3v) is 2.77. The monoisotopic (exact) mass is 252 g/mol. The maximum atomic E-state index is 13.5. The van der Waals surface area contributed by atoms with E-state index in [1.165, 1.54) is 0 Å². The lowest BCUT2D eigenvalue weighted by Crippen LogP contribution is -2.13. The minimum atomic E-state index is -1.13. The van der Waals surface area contributed by atoms with Crippen LogP contribution in [0.2, 0.25) is 0 Å². The Morgan fingerprint density at radius 1 is 1.28 bits per heavy atom. The first-order valence-corrected chi connectivity index (χ1v) is 5.61. The van der Waals surface area contributed by atoms with E-state index in [1.54, 1.807) is 4.68 Å². The van der Waals surface area contributed by atoms with E-state index in [0.717, 1.165) is 29.6 Å². The first-order chi connectivity index (χ1) is 8.47. The lowest BCUT2D eigenvalue weighted by atomic mass is 10.1. The Kier molecular flexibility index (Phi) is 3.43. The molecule has 5 heteroatoms. The minimum absolute atomic E-state index is 0.0532. The van der Waals surface area contributed by atoms with Crippen molar-refractivity contribution in [2.45, 2.75) is 26.5 Å². The maximum absolute atomic E-state index is 13.5. The summed E-state index contributed by atoms with van der Waals surface area (Å²) >= 11 is 0. The van der Waals surface area contributed by atoms with Crippen molar-refractivity contribution in [3.8, 4) is 0 Å². The predicted molar refractivity (Wildman–Crippen MR) is 63.0 cm³/mol. The summed E-state index contributed by atoms with van der Waals surface area (Å²) in [6, 6.07) is 4.89. The third-order valence-electron chi connectivity index (χ3n) is 2.77. The van der Waals surface area contributed by atoms with Gasteiger partial charge in [0.1, 0.15) is 17.7 Å². The fourth-order valence-electron chi connectivity index (χ4n) is 1.89. The normalized spacial score (nSPS) is 12.7. The van der Waals surface area contributed by atoms with Crippen molar-refractivity contribution in [3.05, 3.63) is 52.9 Å². The van der Waals surface area contributed by atoms with Gasteiger partial charge < -0.3 is 5.11 Å². The highest BCUT2D eigenvalue weighted by Gasteiger charge is 2.15. The average Bonchev–Trinajstić information content (AvgIpc) is 2.61. The van der Waals surface area contributed by atoms with Gasteiger partial charge in [-0.15, -0.1) is 0 Å². The van der Waals surface area contributed by atoms with Gasteiger partial charge in [0.05, 0.1) is 12.2 Å². The molecule has 96 valence electrons. The van der Waals surface area contributed by atoms with Crippen molar-refractivity contribution in [2.24, 2.45) is 0 Å². The number of aliphatic hydroxyl groups is 1. The highest BCUT2D eigenvalue weighted by molar-refractivity contribution is 5.21. The van der Waals surface area contributed by atoms with Crippen LogP contribution in [0, 0.1) is 25.5 Å². The molecule has 3 nitrogen and oxygen atoms in total. The van der Waals surface area contributed by atoms with E-state index in [1.807, 2.05) is 19.9 Å². The van der Waals surface area contributed by atoms with E-state index in [2.05, 4.69) is 5.10 Å². The molecule has 0 radical (unpaired) electrons. The Balaban J connectivity index is 2.24. The van der Waals surface area contributed by atoms with Crippen LogP contribution in [0.5, 0.6) is 0 Å². The molecule has 18 heavy (non-hydrogen) atoms. The van der Waals surface area contributed by atoms with Crippen LogP contribution in [0.3, 0.4) is 0 Å². The lowest BCUT2D eigenvalue weighted by Gasteiger charge is -2.13. The molecule has 0 unspecified atom stereocenters. The number of halogens is 2. The lowest BCUT2D eigenvalue weighted by molar-refractivity contribution is 0.145. The van der Waals surface area contributed by atoms with Crippen LogP contribution >= 0.6 is 0 Å². The summed E-state index contributed by atoms with van der Waals surface area (Å²) in [7, 11) is 0. The van der Waals surface area contributed by atoms with Gasteiger partial charge in [0.15, 0.2) is 0 Å². The Labute approximate surface area is 104 Å². The number of nitrogens with zero attached hydrogens (tertiary/aromatic N) is 2. The van der Waals surface area contributed by atoms with Gasteiger partial charge in [-0.2, -0.15) is 5.10 Å². The smallest absolute Gasteiger partial charge is 0.129 e. The Morgan fingerprint density at radius 2 is 2.00 bits per heavy atom. The van der Waals surface area contributed by atoms with Crippen molar-refractivity contribution >= 4 is 0 Å². The summed E-state index contributed by atoms with van der Waals surface area (Å²) in [4.78, 5) is 0. The molecule has 2 aromatic rings. The van der Waals surface area contributed by atoms with Gasteiger partial charge in [-0.1, -0.05) is 0 Å². The van der Waals surface area contributed by atoms with Gasteiger partial charge in [-0.25, -0.2) is 8.78 Å². The van der Waals surface area contributed by atoms with E-state index >= 15 is 0 Å². The summed E-state index contributed by atoms with van der Waals surface area (Å²) in [5.41, 5.74) is 1.63. The third kappa shape index (κ3) is 2.56. The molecule has 1 aromatic heterocycles. The van der Waals surface area contributed by atoms with Crippen molar-refractivity contribution < 1.29 is 13.9 Å². The maximum Gasteiger partial charge on any atom is 0.129 e. The predicted octanol–water partition coefficient (Wildman–Crippen LogP) is 2.51. The molecule has 1 aromatic carbocycles. The van der Waals surface area contributed by atoms with E-state index < -0.39 is 17.7 Å². The summed E-state index contributed by atoms with van der Waals surface area (Å²) in [5.74, 6) is -1.19. The second-order valence-electron chi connectivity index (χ2n) is 4.29. The van der Waals surface area contributed by atoms with E-state index in [9.17, 15) is 13.9 Å². The molecule has 0 aliphatic carbocycles. The van der Waals surface area contributed by atoms with Crippen molar-refractivity contribution in [1.82, 2.24) is 9.78 Å². The van der Waals surface area contributed by atoms with Gasteiger partial charge in [0.25, 0.3) is 0 Å². The zero-order chi connectivity index (χ0) is 13.3. The molecule has 0 saturated carbocycles. The van der Waals surface area contributed by atoms with Gasteiger partial charge in [-0.05, 0) is 38.1 Å². The first kappa shape index (κ1) is 12.7. The Bertz CT molecular complexity index is 566. The number of rotatable bonds is 3. The second kappa shape index (κ2) is 4.86. The molecule has 1 heterocycles. The average molecular weight is 252 g/mol. The quantitative estimate of drug-likeness (QED) is 0.911. The van der Waals surface area contributed by atoms with Crippen LogP contribution in [0.25, 0.3) is 0 Å². The van der Waals surface area contributed by atoms with E-state index in [-0.39, 0.29) is 12.1 Å².